The van der Waals surface area contributed by atoms with E-state index in [4.69, 9.17) is 4.74 Å². The number of ether oxygens (including phenoxy) is 1. The van der Waals surface area contributed by atoms with Crippen LogP contribution in [0.15, 0.2) is 24.3 Å². The van der Waals surface area contributed by atoms with Crippen molar-refractivity contribution in [2.24, 2.45) is 5.92 Å². The molecule has 1 rings (SSSR count). The molecule has 0 aliphatic heterocycles. The standard InChI is InChI=1S/C14H20O2/c1-10(2)8-12-6-5-7-13(9-12)11(3)14(15)16-4/h5-7,9-11H,8H2,1-4H3/t11-/m0/s1. The Morgan fingerprint density at radius 2 is 2.00 bits per heavy atom. The van der Waals surface area contributed by atoms with Crippen molar-refractivity contribution >= 4 is 5.97 Å². The van der Waals surface area contributed by atoms with Gasteiger partial charge in [-0.15, -0.1) is 0 Å². The molecule has 0 saturated carbocycles. The van der Waals surface area contributed by atoms with Gasteiger partial charge in [-0.3, -0.25) is 4.79 Å². The molecule has 16 heavy (non-hydrogen) atoms. The first-order valence-electron chi connectivity index (χ1n) is 5.71. The topological polar surface area (TPSA) is 26.3 Å². The highest BCUT2D eigenvalue weighted by atomic mass is 16.5. The molecule has 88 valence electrons. The summed E-state index contributed by atoms with van der Waals surface area (Å²) in [4.78, 5) is 11.4. The Bertz CT molecular complexity index is 356. The molecule has 0 aliphatic carbocycles. The second-order valence-electron chi connectivity index (χ2n) is 4.59. The lowest BCUT2D eigenvalue weighted by molar-refractivity contribution is -0.141. The van der Waals surface area contributed by atoms with Gasteiger partial charge in [-0.1, -0.05) is 38.1 Å². The lowest BCUT2D eigenvalue weighted by Crippen LogP contribution is -2.11. The van der Waals surface area contributed by atoms with E-state index in [2.05, 4.69) is 26.0 Å². The third-order valence-electron chi connectivity index (χ3n) is 2.65. The lowest BCUT2D eigenvalue weighted by atomic mass is 9.95. The summed E-state index contributed by atoms with van der Waals surface area (Å²) in [7, 11) is 1.43. The summed E-state index contributed by atoms with van der Waals surface area (Å²) in [5, 5.41) is 0. The summed E-state index contributed by atoms with van der Waals surface area (Å²) < 4.78 is 4.75. The second-order valence-corrected chi connectivity index (χ2v) is 4.59. The smallest absolute Gasteiger partial charge is 0.312 e. The van der Waals surface area contributed by atoms with E-state index < -0.39 is 0 Å². The maximum Gasteiger partial charge on any atom is 0.312 e. The fourth-order valence-corrected chi connectivity index (χ4v) is 1.77. The molecule has 1 aromatic carbocycles. The zero-order chi connectivity index (χ0) is 12.1. The Morgan fingerprint density at radius 1 is 1.31 bits per heavy atom. The third-order valence-corrected chi connectivity index (χ3v) is 2.65. The van der Waals surface area contributed by atoms with Crippen LogP contribution in [0.5, 0.6) is 0 Å². The monoisotopic (exact) mass is 220 g/mol. The van der Waals surface area contributed by atoms with Crippen LogP contribution in [0.4, 0.5) is 0 Å². The predicted molar refractivity (Wildman–Crippen MR) is 65.4 cm³/mol. The van der Waals surface area contributed by atoms with E-state index in [1.54, 1.807) is 0 Å². The molecule has 0 radical (unpaired) electrons. The molecular formula is C14H20O2. The summed E-state index contributed by atoms with van der Waals surface area (Å²) in [5.41, 5.74) is 2.31. The van der Waals surface area contributed by atoms with E-state index >= 15 is 0 Å². The average molecular weight is 220 g/mol. The number of methoxy groups -OCH3 is 1. The van der Waals surface area contributed by atoms with E-state index in [0.717, 1.165) is 12.0 Å². The summed E-state index contributed by atoms with van der Waals surface area (Å²) in [6, 6.07) is 8.19. The molecule has 0 unspecified atom stereocenters. The van der Waals surface area contributed by atoms with Gasteiger partial charge in [-0.25, -0.2) is 0 Å². The van der Waals surface area contributed by atoms with Gasteiger partial charge in [0.1, 0.15) is 0 Å². The quantitative estimate of drug-likeness (QED) is 0.728. The predicted octanol–water partition coefficient (Wildman–Crippen LogP) is 3.16. The van der Waals surface area contributed by atoms with Crippen molar-refractivity contribution in [3.8, 4) is 0 Å². The first-order valence-corrected chi connectivity index (χ1v) is 5.71. The van der Waals surface area contributed by atoms with Gasteiger partial charge >= 0.3 is 5.97 Å². The van der Waals surface area contributed by atoms with Crippen LogP contribution in [0.2, 0.25) is 0 Å². The van der Waals surface area contributed by atoms with Crippen LogP contribution in [-0.4, -0.2) is 13.1 Å². The van der Waals surface area contributed by atoms with Crippen molar-refractivity contribution in [1.29, 1.82) is 0 Å². The summed E-state index contributed by atoms with van der Waals surface area (Å²) >= 11 is 0. The van der Waals surface area contributed by atoms with Gasteiger partial charge in [-0.2, -0.15) is 0 Å². The molecule has 0 amide bonds. The Kier molecular flexibility index (Phi) is 4.53. The van der Waals surface area contributed by atoms with Gasteiger partial charge in [0.2, 0.25) is 0 Å². The van der Waals surface area contributed by atoms with E-state index in [9.17, 15) is 4.79 Å². The number of benzene rings is 1. The molecule has 0 saturated heterocycles. The zero-order valence-corrected chi connectivity index (χ0v) is 10.5. The van der Waals surface area contributed by atoms with Gasteiger partial charge < -0.3 is 4.74 Å². The van der Waals surface area contributed by atoms with Crippen LogP contribution in [-0.2, 0) is 16.0 Å². The molecule has 0 fully saturated rings. The van der Waals surface area contributed by atoms with Crippen molar-refractivity contribution in [1.82, 2.24) is 0 Å². The van der Waals surface area contributed by atoms with Crippen LogP contribution < -0.4 is 0 Å². The Morgan fingerprint density at radius 3 is 2.56 bits per heavy atom. The molecule has 0 spiro atoms. The third kappa shape index (κ3) is 3.37. The fraction of sp³-hybridized carbons (Fsp3) is 0.500. The van der Waals surface area contributed by atoms with E-state index in [1.807, 2.05) is 19.1 Å². The van der Waals surface area contributed by atoms with Crippen molar-refractivity contribution < 1.29 is 9.53 Å². The van der Waals surface area contributed by atoms with Crippen molar-refractivity contribution in [3.63, 3.8) is 0 Å². The lowest BCUT2D eigenvalue weighted by Gasteiger charge is -2.12. The molecule has 0 aromatic heterocycles. The highest BCUT2D eigenvalue weighted by Gasteiger charge is 2.15. The number of esters is 1. The first kappa shape index (κ1) is 12.8. The number of rotatable bonds is 4. The number of hydrogen-bond donors (Lipinski definition) is 0. The summed E-state index contributed by atoms with van der Waals surface area (Å²) in [6.07, 6.45) is 1.04. The number of carbonyl (C=O) groups is 1. The van der Waals surface area contributed by atoms with E-state index in [1.165, 1.54) is 12.7 Å². The molecule has 2 nitrogen and oxygen atoms in total. The molecule has 1 aromatic rings. The van der Waals surface area contributed by atoms with Gasteiger partial charge in [0.25, 0.3) is 0 Å². The Labute approximate surface area is 97.6 Å². The van der Waals surface area contributed by atoms with E-state index in [0.29, 0.717) is 5.92 Å². The van der Waals surface area contributed by atoms with Crippen LogP contribution in [0.3, 0.4) is 0 Å². The first-order chi connectivity index (χ1) is 7.54. The van der Waals surface area contributed by atoms with Gasteiger partial charge in [-0.05, 0) is 30.4 Å². The van der Waals surface area contributed by atoms with Crippen LogP contribution >= 0.6 is 0 Å². The second kappa shape index (κ2) is 5.69. The molecular weight excluding hydrogens is 200 g/mol. The van der Waals surface area contributed by atoms with Crippen molar-refractivity contribution in [2.75, 3.05) is 7.11 Å². The molecule has 0 N–H and O–H groups in total. The fourth-order valence-electron chi connectivity index (χ4n) is 1.77. The Balaban J connectivity index is 2.85. The van der Waals surface area contributed by atoms with Crippen molar-refractivity contribution in [3.05, 3.63) is 35.4 Å². The average Bonchev–Trinajstić information content (AvgIpc) is 2.26. The zero-order valence-electron chi connectivity index (χ0n) is 10.5. The normalized spacial score (nSPS) is 12.6. The van der Waals surface area contributed by atoms with Gasteiger partial charge in [0.15, 0.2) is 0 Å². The molecule has 0 bridgehead atoms. The summed E-state index contributed by atoms with van der Waals surface area (Å²) in [5.74, 6) is 0.266. The van der Waals surface area contributed by atoms with Gasteiger partial charge in [0.05, 0.1) is 13.0 Å². The SMILES string of the molecule is COC(=O)[C@@H](C)c1cccc(CC(C)C)c1. The van der Waals surface area contributed by atoms with Crippen LogP contribution in [0.25, 0.3) is 0 Å². The van der Waals surface area contributed by atoms with Crippen molar-refractivity contribution in [2.45, 2.75) is 33.1 Å². The number of hydrogen-bond acceptors (Lipinski definition) is 2. The minimum absolute atomic E-state index is 0.179. The maximum atomic E-state index is 11.4. The van der Waals surface area contributed by atoms with Gasteiger partial charge in [0, 0.05) is 0 Å². The number of carbonyl (C=O) groups excluding carboxylic acids is 1. The summed E-state index contributed by atoms with van der Waals surface area (Å²) in [6.45, 7) is 6.26. The molecule has 0 heterocycles. The van der Waals surface area contributed by atoms with E-state index in [-0.39, 0.29) is 11.9 Å². The molecule has 2 heteroatoms. The highest BCUT2D eigenvalue weighted by Crippen LogP contribution is 2.19. The van der Waals surface area contributed by atoms with Crippen LogP contribution in [0.1, 0.15) is 37.8 Å². The molecule has 0 aliphatic rings. The maximum absolute atomic E-state index is 11.4. The largest absolute Gasteiger partial charge is 0.469 e. The highest BCUT2D eigenvalue weighted by molar-refractivity contribution is 5.77. The molecule has 1 atom stereocenters. The Hall–Kier alpha value is -1.31. The minimum atomic E-state index is -0.183. The van der Waals surface area contributed by atoms with Crippen LogP contribution in [0, 0.1) is 5.92 Å². The minimum Gasteiger partial charge on any atom is -0.469 e.